The monoisotopic (exact) mass is 236 g/mol. The lowest BCUT2D eigenvalue weighted by molar-refractivity contribution is 0.781. The first kappa shape index (κ1) is 11.5. The Bertz CT molecular complexity index is 412. The zero-order chi connectivity index (χ0) is 11.5. The van der Waals surface area contributed by atoms with Crippen LogP contribution in [-0.2, 0) is 6.54 Å². The van der Waals surface area contributed by atoms with Gasteiger partial charge in [-0.3, -0.25) is 0 Å². The maximum atomic E-state index is 5.97. The molecule has 0 radical (unpaired) electrons. The third-order valence-corrected chi connectivity index (χ3v) is 3.27. The smallest absolute Gasteiger partial charge is 0.0415 e. The number of benzene rings is 1. The SMILES string of the molecule is CC1=CCN(c2ccc(Cl)cc2CN)CC1. The molecule has 2 N–H and O–H groups in total. The fourth-order valence-corrected chi connectivity index (χ4v) is 2.21. The number of anilines is 1. The summed E-state index contributed by atoms with van der Waals surface area (Å²) in [5, 5.41) is 0.757. The van der Waals surface area contributed by atoms with Crippen LogP contribution in [0.2, 0.25) is 5.02 Å². The quantitative estimate of drug-likeness (QED) is 0.800. The number of hydrogen-bond acceptors (Lipinski definition) is 2. The molecule has 0 spiro atoms. The van der Waals surface area contributed by atoms with Crippen molar-refractivity contribution in [3.8, 4) is 0 Å². The van der Waals surface area contributed by atoms with Gasteiger partial charge in [0.15, 0.2) is 0 Å². The summed E-state index contributed by atoms with van der Waals surface area (Å²) in [6.45, 7) is 4.76. The molecule has 3 heteroatoms. The molecule has 2 nitrogen and oxygen atoms in total. The number of rotatable bonds is 2. The first-order valence-electron chi connectivity index (χ1n) is 5.60. The highest BCUT2D eigenvalue weighted by molar-refractivity contribution is 6.30. The molecule has 16 heavy (non-hydrogen) atoms. The van der Waals surface area contributed by atoms with Crippen LogP contribution in [0.4, 0.5) is 5.69 Å². The van der Waals surface area contributed by atoms with Gasteiger partial charge in [-0.05, 0) is 37.1 Å². The Morgan fingerprint density at radius 3 is 2.88 bits per heavy atom. The lowest BCUT2D eigenvalue weighted by atomic mass is 10.1. The van der Waals surface area contributed by atoms with Gasteiger partial charge in [0.25, 0.3) is 0 Å². The van der Waals surface area contributed by atoms with E-state index >= 15 is 0 Å². The Balaban J connectivity index is 2.27. The third-order valence-electron chi connectivity index (χ3n) is 3.04. The molecule has 1 aliphatic heterocycles. The molecule has 86 valence electrons. The number of nitrogens with two attached hydrogens (primary N) is 1. The second-order valence-corrected chi connectivity index (χ2v) is 4.66. The zero-order valence-corrected chi connectivity index (χ0v) is 10.3. The first-order chi connectivity index (χ1) is 7.70. The molecule has 1 heterocycles. The van der Waals surface area contributed by atoms with E-state index in [4.69, 9.17) is 17.3 Å². The molecule has 1 aromatic carbocycles. The van der Waals surface area contributed by atoms with Gasteiger partial charge in [-0.1, -0.05) is 23.3 Å². The number of hydrogen-bond donors (Lipinski definition) is 1. The van der Waals surface area contributed by atoms with Gasteiger partial charge in [-0.2, -0.15) is 0 Å². The normalized spacial score (nSPS) is 16.2. The second kappa shape index (κ2) is 4.89. The average Bonchev–Trinajstić information content (AvgIpc) is 2.30. The predicted molar refractivity (Wildman–Crippen MR) is 69.9 cm³/mol. The van der Waals surface area contributed by atoms with Gasteiger partial charge in [0.2, 0.25) is 0 Å². The Morgan fingerprint density at radius 2 is 2.25 bits per heavy atom. The van der Waals surface area contributed by atoms with Crippen LogP contribution in [0.3, 0.4) is 0 Å². The summed E-state index contributed by atoms with van der Waals surface area (Å²) >= 11 is 5.97. The molecule has 0 aromatic heterocycles. The molecule has 0 fully saturated rings. The number of halogens is 1. The van der Waals surface area contributed by atoms with Crippen LogP contribution in [0.5, 0.6) is 0 Å². The summed E-state index contributed by atoms with van der Waals surface area (Å²) in [4.78, 5) is 2.35. The van der Waals surface area contributed by atoms with Crippen LogP contribution in [0.15, 0.2) is 29.8 Å². The molecule has 0 saturated carbocycles. The van der Waals surface area contributed by atoms with E-state index in [1.54, 1.807) is 0 Å². The van der Waals surface area contributed by atoms with Crippen molar-refractivity contribution in [1.82, 2.24) is 0 Å². The van der Waals surface area contributed by atoms with E-state index in [0.29, 0.717) is 6.54 Å². The van der Waals surface area contributed by atoms with Gasteiger partial charge in [-0.25, -0.2) is 0 Å². The Kier molecular flexibility index (Phi) is 3.52. The lowest BCUT2D eigenvalue weighted by Gasteiger charge is -2.29. The van der Waals surface area contributed by atoms with Crippen LogP contribution < -0.4 is 10.6 Å². The third kappa shape index (κ3) is 2.39. The molecule has 0 aliphatic carbocycles. The molecular formula is C13H17ClN2. The largest absolute Gasteiger partial charge is 0.367 e. The lowest BCUT2D eigenvalue weighted by Crippen LogP contribution is -2.29. The van der Waals surface area contributed by atoms with Crippen LogP contribution in [0.25, 0.3) is 0 Å². The molecule has 1 aromatic rings. The predicted octanol–water partition coefficient (Wildman–Crippen LogP) is 2.96. The highest BCUT2D eigenvalue weighted by atomic mass is 35.5. The molecule has 2 rings (SSSR count). The first-order valence-corrected chi connectivity index (χ1v) is 5.97. The van der Waals surface area contributed by atoms with Crippen molar-refractivity contribution in [2.45, 2.75) is 19.9 Å². The minimum atomic E-state index is 0.537. The van der Waals surface area contributed by atoms with Crippen molar-refractivity contribution in [3.63, 3.8) is 0 Å². The summed E-state index contributed by atoms with van der Waals surface area (Å²) in [6, 6.07) is 5.96. The molecular weight excluding hydrogens is 220 g/mol. The summed E-state index contributed by atoms with van der Waals surface area (Å²) in [5.41, 5.74) is 9.57. The van der Waals surface area contributed by atoms with Gasteiger partial charge < -0.3 is 10.6 Å². The van der Waals surface area contributed by atoms with E-state index < -0.39 is 0 Å². The standard InChI is InChI=1S/C13H17ClN2/c1-10-4-6-16(7-5-10)13-3-2-12(14)8-11(13)9-15/h2-4,8H,5-7,9,15H2,1H3. The summed E-state index contributed by atoms with van der Waals surface area (Å²) in [6.07, 6.45) is 3.41. The zero-order valence-electron chi connectivity index (χ0n) is 9.54. The van der Waals surface area contributed by atoms with E-state index in [1.807, 2.05) is 12.1 Å². The second-order valence-electron chi connectivity index (χ2n) is 4.22. The molecule has 0 bridgehead atoms. The van der Waals surface area contributed by atoms with E-state index in [0.717, 1.165) is 30.1 Å². The Hall–Kier alpha value is -0.990. The Labute approximate surface area is 102 Å². The van der Waals surface area contributed by atoms with Crippen LogP contribution >= 0.6 is 11.6 Å². The highest BCUT2D eigenvalue weighted by Crippen LogP contribution is 2.26. The summed E-state index contributed by atoms with van der Waals surface area (Å²) < 4.78 is 0. The summed E-state index contributed by atoms with van der Waals surface area (Å²) in [7, 11) is 0. The van der Waals surface area contributed by atoms with Crippen LogP contribution in [0, 0.1) is 0 Å². The maximum absolute atomic E-state index is 5.97. The fraction of sp³-hybridized carbons (Fsp3) is 0.385. The van der Waals surface area contributed by atoms with Crippen molar-refractivity contribution >= 4 is 17.3 Å². The molecule has 0 amide bonds. The van der Waals surface area contributed by atoms with Crippen LogP contribution in [0.1, 0.15) is 18.9 Å². The van der Waals surface area contributed by atoms with Gasteiger partial charge >= 0.3 is 0 Å². The number of nitrogens with zero attached hydrogens (tertiary/aromatic N) is 1. The highest BCUT2D eigenvalue weighted by Gasteiger charge is 2.13. The van der Waals surface area contributed by atoms with Crippen molar-refractivity contribution in [1.29, 1.82) is 0 Å². The van der Waals surface area contributed by atoms with E-state index in [9.17, 15) is 0 Å². The van der Waals surface area contributed by atoms with E-state index in [1.165, 1.54) is 11.3 Å². The Morgan fingerprint density at radius 1 is 1.44 bits per heavy atom. The van der Waals surface area contributed by atoms with Crippen LogP contribution in [-0.4, -0.2) is 13.1 Å². The van der Waals surface area contributed by atoms with Gasteiger partial charge in [-0.15, -0.1) is 0 Å². The average molecular weight is 237 g/mol. The fourth-order valence-electron chi connectivity index (χ4n) is 2.02. The van der Waals surface area contributed by atoms with Gasteiger partial charge in [0, 0.05) is 30.3 Å². The van der Waals surface area contributed by atoms with Crippen molar-refractivity contribution in [2.24, 2.45) is 5.73 Å². The minimum Gasteiger partial charge on any atom is -0.367 e. The van der Waals surface area contributed by atoms with Gasteiger partial charge in [0.1, 0.15) is 0 Å². The summed E-state index contributed by atoms with van der Waals surface area (Å²) in [5.74, 6) is 0. The topological polar surface area (TPSA) is 29.3 Å². The van der Waals surface area contributed by atoms with Crippen molar-refractivity contribution in [3.05, 3.63) is 40.4 Å². The van der Waals surface area contributed by atoms with E-state index in [2.05, 4.69) is 24.0 Å². The van der Waals surface area contributed by atoms with Crippen molar-refractivity contribution in [2.75, 3.05) is 18.0 Å². The molecule has 0 saturated heterocycles. The van der Waals surface area contributed by atoms with Gasteiger partial charge in [0.05, 0.1) is 0 Å². The molecule has 1 aliphatic rings. The maximum Gasteiger partial charge on any atom is 0.0415 e. The van der Waals surface area contributed by atoms with Crippen molar-refractivity contribution < 1.29 is 0 Å². The molecule has 0 unspecified atom stereocenters. The molecule has 0 atom stereocenters. The minimum absolute atomic E-state index is 0.537. The van der Waals surface area contributed by atoms with E-state index in [-0.39, 0.29) is 0 Å².